The Bertz CT molecular complexity index is 659. The highest BCUT2D eigenvalue weighted by Gasteiger charge is 2.26. The Balaban J connectivity index is 1.60. The van der Waals surface area contributed by atoms with Crippen molar-refractivity contribution in [2.75, 3.05) is 19.6 Å². The molecule has 23 heavy (non-hydrogen) atoms. The van der Waals surface area contributed by atoms with Crippen LogP contribution in [0.15, 0.2) is 30.3 Å². The molecule has 3 N–H and O–H groups in total. The fourth-order valence-corrected chi connectivity index (χ4v) is 2.50. The van der Waals surface area contributed by atoms with Crippen LogP contribution >= 0.6 is 0 Å². The minimum absolute atomic E-state index is 0.0368. The van der Waals surface area contributed by atoms with Gasteiger partial charge in [0.15, 0.2) is 0 Å². The molecule has 8 nitrogen and oxygen atoms in total. The van der Waals surface area contributed by atoms with Crippen LogP contribution < -0.4 is 10.6 Å². The summed E-state index contributed by atoms with van der Waals surface area (Å²) in [4.78, 5) is 13.5. The third kappa shape index (κ3) is 3.54. The van der Waals surface area contributed by atoms with Crippen molar-refractivity contribution in [3.63, 3.8) is 0 Å². The van der Waals surface area contributed by atoms with Crippen LogP contribution in [0.2, 0.25) is 0 Å². The van der Waals surface area contributed by atoms with Crippen LogP contribution in [0.3, 0.4) is 0 Å². The number of carbonyl (C=O) groups is 1. The molecule has 0 spiro atoms. The minimum atomic E-state index is -0.563. The van der Waals surface area contributed by atoms with E-state index in [0.29, 0.717) is 25.5 Å². The number of aromatic nitrogens is 4. The molecule has 0 aliphatic carbocycles. The second kappa shape index (κ2) is 6.84. The maximum Gasteiger partial charge on any atom is 0.246 e. The molecule has 1 fully saturated rings. The van der Waals surface area contributed by atoms with Crippen LogP contribution in [0, 0.1) is 5.92 Å². The van der Waals surface area contributed by atoms with Crippen LogP contribution in [0.4, 0.5) is 0 Å². The summed E-state index contributed by atoms with van der Waals surface area (Å²) in [5, 5.41) is 27.9. The van der Waals surface area contributed by atoms with Gasteiger partial charge in [0.25, 0.3) is 0 Å². The maximum absolute atomic E-state index is 12.2. The Morgan fingerprint density at radius 1 is 1.43 bits per heavy atom. The van der Waals surface area contributed by atoms with Crippen molar-refractivity contribution < 1.29 is 9.90 Å². The molecule has 0 bridgehead atoms. The Morgan fingerprint density at radius 3 is 2.91 bits per heavy atom. The van der Waals surface area contributed by atoms with Gasteiger partial charge in [-0.1, -0.05) is 30.3 Å². The molecule has 3 rings (SSSR count). The zero-order valence-corrected chi connectivity index (χ0v) is 12.9. The Morgan fingerprint density at radius 2 is 2.22 bits per heavy atom. The Labute approximate surface area is 133 Å². The molecule has 8 heteroatoms. The lowest BCUT2D eigenvalue weighted by Gasteiger charge is -2.16. The summed E-state index contributed by atoms with van der Waals surface area (Å²) in [5.41, 5.74) is 0.853. The zero-order valence-electron chi connectivity index (χ0n) is 12.9. The van der Waals surface area contributed by atoms with Gasteiger partial charge >= 0.3 is 0 Å². The molecule has 0 radical (unpaired) electrons. The standard InChI is InChI=1S/C15H20N6O2/c1-10(15(23)17-8-12-7-16-9-13(12)22)21-19-14(18-20-21)11-5-3-2-4-6-11/h2-6,10,12-13,16,22H,7-9H2,1H3,(H,17,23). The number of carbonyl (C=O) groups excluding carboxylic acids is 1. The highest BCUT2D eigenvalue weighted by Crippen LogP contribution is 2.14. The van der Waals surface area contributed by atoms with Crippen LogP contribution in [0.25, 0.3) is 11.4 Å². The molecular weight excluding hydrogens is 296 g/mol. The topological polar surface area (TPSA) is 105 Å². The van der Waals surface area contributed by atoms with Crippen LogP contribution in [-0.2, 0) is 4.79 Å². The van der Waals surface area contributed by atoms with E-state index in [1.165, 1.54) is 4.80 Å². The van der Waals surface area contributed by atoms with Gasteiger partial charge in [-0.15, -0.1) is 10.2 Å². The summed E-state index contributed by atoms with van der Waals surface area (Å²) >= 11 is 0. The average molecular weight is 316 g/mol. The number of tetrazole rings is 1. The lowest BCUT2D eigenvalue weighted by Crippen LogP contribution is -2.38. The number of nitrogens with zero attached hydrogens (tertiary/aromatic N) is 4. The molecule has 1 saturated heterocycles. The molecule has 1 amide bonds. The molecular formula is C15H20N6O2. The number of hydrogen-bond acceptors (Lipinski definition) is 6. The first kappa shape index (κ1) is 15.6. The number of benzene rings is 1. The van der Waals surface area contributed by atoms with Crippen molar-refractivity contribution in [2.45, 2.75) is 19.1 Å². The molecule has 1 aromatic carbocycles. The van der Waals surface area contributed by atoms with Crippen LogP contribution in [0.1, 0.15) is 13.0 Å². The van der Waals surface area contributed by atoms with Gasteiger partial charge in [-0.3, -0.25) is 4.79 Å². The van der Waals surface area contributed by atoms with E-state index in [0.717, 1.165) is 5.56 Å². The number of rotatable bonds is 5. The third-order valence-corrected chi connectivity index (χ3v) is 4.03. The van der Waals surface area contributed by atoms with Gasteiger partial charge in [-0.25, -0.2) is 0 Å². The van der Waals surface area contributed by atoms with Gasteiger partial charge in [-0.05, 0) is 12.1 Å². The quantitative estimate of drug-likeness (QED) is 0.693. The number of nitrogens with one attached hydrogen (secondary N) is 2. The fourth-order valence-electron chi connectivity index (χ4n) is 2.50. The molecule has 0 saturated carbocycles. The average Bonchev–Trinajstić information content (AvgIpc) is 3.22. The fraction of sp³-hybridized carbons (Fsp3) is 0.467. The summed E-state index contributed by atoms with van der Waals surface area (Å²) in [5.74, 6) is 0.330. The predicted molar refractivity (Wildman–Crippen MR) is 83.3 cm³/mol. The van der Waals surface area contributed by atoms with Gasteiger partial charge in [0.05, 0.1) is 6.10 Å². The van der Waals surface area contributed by atoms with Crippen LogP contribution in [0.5, 0.6) is 0 Å². The van der Waals surface area contributed by atoms with E-state index in [4.69, 9.17) is 0 Å². The Hall–Kier alpha value is -2.32. The van der Waals surface area contributed by atoms with Crippen molar-refractivity contribution in [3.8, 4) is 11.4 Å². The number of hydrogen-bond donors (Lipinski definition) is 3. The largest absolute Gasteiger partial charge is 0.391 e. The molecule has 1 aliphatic rings. The lowest BCUT2D eigenvalue weighted by molar-refractivity contribution is -0.124. The van der Waals surface area contributed by atoms with Gasteiger partial charge in [0, 0.05) is 31.1 Å². The van der Waals surface area contributed by atoms with Crippen LogP contribution in [-0.4, -0.2) is 57.0 Å². The Kier molecular flexibility index (Phi) is 4.63. The van der Waals surface area contributed by atoms with Crippen molar-refractivity contribution in [3.05, 3.63) is 30.3 Å². The molecule has 3 atom stereocenters. The first-order valence-corrected chi connectivity index (χ1v) is 7.66. The summed E-state index contributed by atoms with van der Waals surface area (Å²) < 4.78 is 0. The monoisotopic (exact) mass is 316 g/mol. The smallest absolute Gasteiger partial charge is 0.246 e. The molecule has 3 unspecified atom stereocenters. The lowest BCUT2D eigenvalue weighted by atomic mass is 10.1. The summed E-state index contributed by atoms with van der Waals surface area (Å²) in [6.45, 7) is 3.42. The van der Waals surface area contributed by atoms with E-state index in [9.17, 15) is 9.90 Å². The van der Waals surface area contributed by atoms with Crippen molar-refractivity contribution in [1.82, 2.24) is 30.8 Å². The first-order chi connectivity index (χ1) is 11.1. The third-order valence-electron chi connectivity index (χ3n) is 4.03. The highest BCUT2D eigenvalue weighted by molar-refractivity contribution is 5.79. The van der Waals surface area contributed by atoms with E-state index in [1.54, 1.807) is 6.92 Å². The van der Waals surface area contributed by atoms with E-state index in [1.807, 2.05) is 30.3 Å². The normalized spacial score (nSPS) is 22.0. The van der Waals surface area contributed by atoms with Gasteiger partial charge in [-0.2, -0.15) is 4.80 Å². The highest BCUT2D eigenvalue weighted by atomic mass is 16.3. The molecule has 122 valence electrons. The minimum Gasteiger partial charge on any atom is -0.391 e. The second-order valence-corrected chi connectivity index (χ2v) is 5.71. The van der Waals surface area contributed by atoms with E-state index in [2.05, 4.69) is 26.0 Å². The van der Waals surface area contributed by atoms with E-state index in [-0.39, 0.29) is 11.8 Å². The van der Waals surface area contributed by atoms with Gasteiger partial charge < -0.3 is 15.7 Å². The molecule has 2 heterocycles. The van der Waals surface area contributed by atoms with Crippen molar-refractivity contribution in [1.29, 1.82) is 0 Å². The van der Waals surface area contributed by atoms with E-state index >= 15 is 0 Å². The summed E-state index contributed by atoms with van der Waals surface area (Å²) in [7, 11) is 0. The van der Waals surface area contributed by atoms with Gasteiger partial charge in [0.2, 0.25) is 11.7 Å². The maximum atomic E-state index is 12.2. The molecule has 1 aliphatic heterocycles. The SMILES string of the molecule is CC(C(=O)NCC1CNCC1O)n1nnc(-c2ccccc2)n1. The number of aliphatic hydroxyl groups excluding tert-OH is 1. The molecule has 2 aromatic rings. The first-order valence-electron chi connectivity index (χ1n) is 7.66. The van der Waals surface area contributed by atoms with Crippen molar-refractivity contribution in [2.24, 2.45) is 5.92 Å². The second-order valence-electron chi connectivity index (χ2n) is 5.71. The number of aliphatic hydroxyl groups is 1. The summed E-state index contributed by atoms with van der Waals surface area (Å²) in [6, 6.07) is 8.92. The van der Waals surface area contributed by atoms with E-state index < -0.39 is 12.1 Å². The summed E-state index contributed by atoms with van der Waals surface area (Å²) in [6.07, 6.45) is -0.417. The number of amides is 1. The van der Waals surface area contributed by atoms with Gasteiger partial charge in [0.1, 0.15) is 6.04 Å². The zero-order chi connectivity index (χ0) is 16.2. The predicted octanol–water partition coefficient (Wildman–Crippen LogP) is -0.402. The molecule has 1 aromatic heterocycles. The number of β-amino-alcohol motifs (C(OH)–C–C–N with tert-alkyl or cyclic N) is 1. The van der Waals surface area contributed by atoms with Crippen molar-refractivity contribution >= 4 is 5.91 Å².